The number of furan rings is 1. The molecule has 0 radical (unpaired) electrons. The Balaban J connectivity index is 1.52. The van der Waals surface area contributed by atoms with Crippen molar-refractivity contribution >= 4 is 46.5 Å². The van der Waals surface area contributed by atoms with Gasteiger partial charge in [0.15, 0.2) is 10.3 Å². The highest BCUT2D eigenvalue weighted by molar-refractivity contribution is 8.16. The molecule has 1 N–H and O–H groups in total. The number of nitrogens with zero attached hydrogens (tertiary/aromatic N) is 2. The highest BCUT2D eigenvalue weighted by Gasteiger charge is 2.31. The van der Waals surface area contributed by atoms with E-state index >= 15 is 0 Å². The van der Waals surface area contributed by atoms with Gasteiger partial charge in [-0.05, 0) is 36.5 Å². The molecular formula is C17H17N3O2S2. The Morgan fingerprint density at radius 1 is 1.33 bits per heavy atom. The molecule has 1 amide bonds. The fourth-order valence-corrected chi connectivity index (χ4v) is 4.89. The SMILES string of the molecule is N=C1/C(=C/c2ccc(SC3CCCCC3)o2)C(=O)N=C2SC=CN12. The second-order valence-electron chi connectivity index (χ2n) is 5.91. The smallest absolute Gasteiger partial charge is 0.283 e. The van der Waals surface area contributed by atoms with Gasteiger partial charge in [0.2, 0.25) is 0 Å². The normalized spacial score (nSPS) is 23.1. The summed E-state index contributed by atoms with van der Waals surface area (Å²) in [6.45, 7) is 0. The third-order valence-corrected chi connectivity index (χ3v) is 6.25. The van der Waals surface area contributed by atoms with Crippen LogP contribution in [0.3, 0.4) is 0 Å². The fraction of sp³-hybridized carbons (Fsp3) is 0.353. The van der Waals surface area contributed by atoms with Crippen molar-refractivity contribution < 1.29 is 9.21 Å². The summed E-state index contributed by atoms with van der Waals surface area (Å²) < 4.78 is 5.84. The second-order valence-corrected chi connectivity index (χ2v) is 8.09. The maximum atomic E-state index is 12.2. The van der Waals surface area contributed by atoms with Crippen LogP contribution in [0.15, 0.2) is 43.8 Å². The van der Waals surface area contributed by atoms with E-state index < -0.39 is 0 Å². The molecule has 1 fully saturated rings. The molecule has 24 heavy (non-hydrogen) atoms. The minimum Gasteiger partial charge on any atom is -0.450 e. The van der Waals surface area contributed by atoms with Crippen molar-refractivity contribution in [2.45, 2.75) is 42.4 Å². The van der Waals surface area contributed by atoms with Crippen LogP contribution in [0.5, 0.6) is 0 Å². The number of rotatable bonds is 3. The molecule has 1 aliphatic carbocycles. The molecule has 0 atom stereocenters. The summed E-state index contributed by atoms with van der Waals surface area (Å²) in [5.74, 6) is 0.348. The average molecular weight is 359 g/mol. The predicted molar refractivity (Wildman–Crippen MR) is 98.2 cm³/mol. The fourth-order valence-electron chi connectivity index (χ4n) is 3.00. The molecule has 0 spiro atoms. The molecule has 3 heterocycles. The maximum Gasteiger partial charge on any atom is 0.283 e. The van der Waals surface area contributed by atoms with Gasteiger partial charge in [0.25, 0.3) is 5.91 Å². The topological polar surface area (TPSA) is 69.7 Å². The van der Waals surface area contributed by atoms with Crippen molar-refractivity contribution in [2.24, 2.45) is 4.99 Å². The lowest BCUT2D eigenvalue weighted by molar-refractivity contribution is -0.114. The van der Waals surface area contributed by atoms with Gasteiger partial charge >= 0.3 is 0 Å². The molecule has 0 saturated heterocycles. The van der Waals surface area contributed by atoms with Crippen LogP contribution >= 0.6 is 23.5 Å². The first-order valence-electron chi connectivity index (χ1n) is 8.03. The average Bonchev–Trinajstić information content (AvgIpc) is 3.22. The molecule has 1 saturated carbocycles. The number of hydrogen-bond donors (Lipinski definition) is 1. The minimum absolute atomic E-state index is 0.143. The van der Waals surface area contributed by atoms with Crippen LogP contribution in [-0.2, 0) is 4.79 Å². The summed E-state index contributed by atoms with van der Waals surface area (Å²) in [6.07, 6.45) is 9.77. The minimum atomic E-state index is -0.389. The Hall–Kier alpha value is -1.73. The lowest BCUT2D eigenvalue weighted by Gasteiger charge is -2.21. The number of carbonyl (C=O) groups excluding carboxylic acids is 1. The van der Waals surface area contributed by atoms with E-state index in [1.165, 1.54) is 43.9 Å². The lowest BCUT2D eigenvalue weighted by atomic mass is 10.0. The van der Waals surface area contributed by atoms with E-state index in [4.69, 9.17) is 9.83 Å². The first kappa shape index (κ1) is 15.8. The number of amides is 1. The van der Waals surface area contributed by atoms with Crippen molar-refractivity contribution in [1.82, 2.24) is 4.90 Å². The van der Waals surface area contributed by atoms with E-state index in [1.807, 2.05) is 17.5 Å². The van der Waals surface area contributed by atoms with Crippen molar-refractivity contribution in [3.05, 3.63) is 35.1 Å². The van der Waals surface area contributed by atoms with E-state index in [9.17, 15) is 4.79 Å². The van der Waals surface area contributed by atoms with Crippen LogP contribution in [-0.4, -0.2) is 27.1 Å². The number of thioether (sulfide) groups is 2. The van der Waals surface area contributed by atoms with E-state index in [0.717, 1.165) is 5.09 Å². The van der Waals surface area contributed by atoms with Crippen molar-refractivity contribution in [3.63, 3.8) is 0 Å². The highest BCUT2D eigenvalue weighted by atomic mass is 32.2. The van der Waals surface area contributed by atoms with Gasteiger partial charge in [0.05, 0.1) is 5.57 Å². The van der Waals surface area contributed by atoms with Gasteiger partial charge in [-0.25, -0.2) is 0 Å². The van der Waals surface area contributed by atoms with Crippen LogP contribution in [0.2, 0.25) is 0 Å². The molecule has 0 unspecified atom stereocenters. The number of aliphatic imine (C=N–C) groups is 1. The Labute approximate surface area is 148 Å². The summed E-state index contributed by atoms with van der Waals surface area (Å²) in [4.78, 5) is 17.8. The number of nitrogens with one attached hydrogen (secondary N) is 1. The monoisotopic (exact) mass is 359 g/mol. The van der Waals surface area contributed by atoms with Gasteiger partial charge < -0.3 is 4.42 Å². The van der Waals surface area contributed by atoms with Gasteiger partial charge in [-0.2, -0.15) is 4.99 Å². The Bertz CT molecular complexity index is 773. The summed E-state index contributed by atoms with van der Waals surface area (Å²) in [6, 6.07) is 3.80. The second kappa shape index (κ2) is 6.64. The van der Waals surface area contributed by atoms with Gasteiger partial charge in [-0.1, -0.05) is 42.8 Å². The Morgan fingerprint density at radius 3 is 3.00 bits per heavy atom. The molecule has 0 bridgehead atoms. The molecule has 3 aliphatic rings. The third kappa shape index (κ3) is 3.10. The molecule has 124 valence electrons. The van der Waals surface area contributed by atoms with Crippen LogP contribution < -0.4 is 0 Å². The number of hydrogen-bond acceptors (Lipinski definition) is 5. The van der Waals surface area contributed by atoms with Crippen molar-refractivity contribution in [3.8, 4) is 0 Å². The zero-order chi connectivity index (χ0) is 16.5. The number of carbonyl (C=O) groups is 1. The molecule has 1 aromatic rings. The summed E-state index contributed by atoms with van der Waals surface area (Å²) >= 11 is 3.12. The third-order valence-electron chi connectivity index (χ3n) is 4.24. The van der Waals surface area contributed by atoms with E-state index in [2.05, 4.69) is 4.99 Å². The van der Waals surface area contributed by atoms with Crippen LogP contribution in [0.4, 0.5) is 0 Å². The Morgan fingerprint density at radius 2 is 2.17 bits per heavy atom. The first-order valence-corrected chi connectivity index (χ1v) is 9.79. The van der Waals surface area contributed by atoms with E-state index in [1.54, 1.807) is 28.9 Å². The maximum absolute atomic E-state index is 12.2. The molecule has 4 rings (SSSR count). The van der Waals surface area contributed by atoms with Gasteiger partial charge in [0.1, 0.15) is 11.6 Å². The van der Waals surface area contributed by atoms with E-state index in [-0.39, 0.29) is 17.3 Å². The zero-order valence-electron chi connectivity index (χ0n) is 13.0. The van der Waals surface area contributed by atoms with Gasteiger partial charge in [-0.3, -0.25) is 15.1 Å². The number of amidine groups is 2. The molecule has 0 aromatic carbocycles. The predicted octanol–water partition coefficient (Wildman–Crippen LogP) is 4.48. The van der Waals surface area contributed by atoms with Crippen molar-refractivity contribution in [2.75, 3.05) is 0 Å². The molecule has 1 aromatic heterocycles. The van der Waals surface area contributed by atoms with E-state index in [0.29, 0.717) is 16.2 Å². The summed E-state index contributed by atoms with van der Waals surface area (Å²) in [5.41, 5.74) is 0.259. The molecular weight excluding hydrogens is 342 g/mol. The van der Waals surface area contributed by atoms with Crippen LogP contribution in [0.25, 0.3) is 6.08 Å². The standard InChI is InChI=1S/C17H17N3O2S2/c18-15-13(16(21)19-17-20(15)8-9-23-17)10-11-6-7-14(22-11)24-12-4-2-1-3-5-12/h6-10,12,18H,1-5H2/b13-10-,18-15?. The Kier molecular flexibility index (Phi) is 4.37. The van der Waals surface area contributed by atoms with Crippen LogP contribution in [0.1, 0.15) is 37.9 Å². The first-order chi connectivity index (χ1) is 11.7. The molecule has 2 aliphatic heterocycles. The largest absolute Gasteiger partial charge is 0.450 e. The van der Waals surface area contributed by atoms with Gasteiger partial charge in [-0.15, -0.1) is 0 Å². The van der Waals surface area contributed by atoms with Crippen LogP contribution in [0, 0.1) is 5.41 Å². The quantitative estimate of drug-likeness (QED) is 0.806. The highest BCUT2D eigenvalue weighted by Crippen LogP contribution is 2.35. The van der Waals surface area contributed by atoms with Crippen molar-refractivity contribution in [1.29, 1.82) is 5.41 Å². The summed E-state index contributed by atoms with van der Waals surface area (Å²) in [5, 5.41) is 12.1. The molecule has 5 nitrogen and oxygen atoms in total. The number of fused-ring (bicyclic) bond motifs is 1. The van der Waals surface area contributed by atoms with Gasteiger partial charge in [0, 0.05) is 11.4 Å². The summed E-state index contributed by atoms with van der Waals surface area (Å²) in [7, 11) is 0. The molecule has 7 heteroatoms. The lowest BCUT2D eigenvalue weighted by Crippen LogP contribution is -2.35. The zero-order valence-corrected chi connectivity index (χ0v) is 14.7.